The van der Waals surface area contributed by atoms with Crippen LogP contribution < -0.4 is 0 Å². The van der Waals surface area contributed by atoms with Crippen molar-refractivity contribution >= 4 is 11.9 Å². The predicted octanol–water partition coefficient (Wildman–Crippen LogP) is -3.11. The van der Waals surface area contributed by atoms with Crippen LogP contribution in [0.3, 0.4) is 0 Å². The van der Waals surface area contributed by atoms with Crippen LogP contribution in [0.4, 0.5) is 0 Å². The first-order valence-electron chi connectivity index (χ1n) is 5.95. The Morgan fingerprint density at radius 3 is 2.09 bits per heavy atom. The van der Waals surface area contributed by atoms with Crippen molar-refractivity contribution < 1.29 is 49.3 Å². The van der Waals surface area contributed by atoms with Gasteiger partial charge in [0.1, 0.15) is 12.2 Å². The van der Waals surface area contributed by atoms with Crippen molar-refractivity contribution in [1.82, 2.24) is 0 Å². The average Bonchev–Trinajstić information content (AvgIpc) is 2.49. The third-order valence-electron chi connectivity index (χ3n) is 2.88. The zero-order chi connectivity index (χ0) is 17.1. The number of carbonyl (C=O) groups excluding carboxylic acids is 2. The van der Waals surface area contributed by atoms with Crippen molar-refractivity contribution in [2.24, 2.45) is 0 Å². The minimum Gasteiger partial charge on any atom is -0.417 e. The number of carbonyl (C=O) groups is 2. The monoisotopic (exact) mass is 320 g/mol. The van der Waals surface area contributed by atoms with Crippen molar-refractivity contribution in [2.75, 3.05) is 6.61 Å². The van der Waals surface area contributed by atoms with Crippen LogP contribution >= 0.6 is 0 Å². The maximum atomic E-state index is 11.3. The van der Waals surface area contributed by atoms with Crippen molar-refractivity contribution in [3.63, 3.8) is 0 Å². The third kappa shape index (κ3) is 3.02. The molecule has 22 heavy (non-hydrogen) atoms. The number of esters is 2. The maximum absolute atomic E-state index is 11.3. The largest absolute Gasteiger partial charge is 0.417 e. The summed E-state index contributed by atoms with van der Waals surface area (Å²) in [4.78, 5) is 22.5. The molecule has 0 aliphatic carbocycles. The molecular formula is C12H16O10. The topological polar surface area (TPSA) is 163 Å². The summed E-state index contributed by atoms with van der Waals surface area (Å²) in [7, 11) is 0. The van der Waals surface area contributed by atoms with E-state index in [1.807, 2.05) is 0 Å². The second kappa shape index (κ2) is 6.52. The normalized spacial score (nSPS) is 38.0. The number of rotatable bonds is 5. The quantitative estimate of drug-likeness (QED) is 0.199. The van der Waals surface area contributed by atoms with E-state index in [9.17, 15) is 30.0 Å². The molecule has 1 saturated heterocycles. The van der Waals surface area contributed by atoms with Gasteiger partial charge in [0.15, 0.2) is 6.10 Å². The lowest BCUT2D eigenvalue weighted by molar-refractivity contribution is -0.510. The van der Waals surface area contributed by atoms with Crippen LogP contribution in [-0.4, -0.2) is 74.2 Å². The number of ether oxygens (including phenoxy) is 3. The molecule has 0 radical (unpaired) electrons. The molecule has 1 aliphatic rings. The van der Waals surface area contributed by atoms with E-state index in [1.165, 1.54) is 0 Å². The molecule has 1 unspecified atom stereocenters. The number of aliphatic hydroxyl groups is 5. The Morgan fingerprint density at radius 2 is 1.64 bits per heavy atom. The standard InChI is InChI=1S/C12H16O10/c1-3-7(14)21-11(18)10(17)9(16)6(5-13)20-12(11,19)22-8(15)4-2/h3-4,6,9-10,13,16-19H,1-2,5H2/t6-,9-,10+,11-,12?/m1/s1. The molecule has 1 aliphatic heterocycles. The highest BCUT2D eigenvalue weighted by atomic mass is 16.9. The lowest BCUT2D eigenvalue weighted by Crippen LogP contribution is -2.75. The van der Waals surface area contributed by atoms with Crippen molar-refractivity contribution in [2.45, 2.75) is 30.1 Å². The van der Waals surface area contributed by atoms with Gasteiger partial charge in [0.05, 0.1) is 6.61 Å². The van der Waals surface area contributed by atoms with Crippen LogP contribution in [0.25, 0.3) is 0 Å². The fraction of sp³-hybridized carbons (Fsp3) is 0.500. The van der Waals surface area contributed by atoms with Crippen molar-refractivity contribution in [1.29, 1.82) is 0 Å². The molecule has 0 aromatic heterocycles. The Hall–Kier alpha value is -1.82. The Kier molecular flexibility index (Phi) is 5.40. The van der Waals surface area contributed by atoms with E-state index >= 15 is 0 Å². The fourth-order valence-corrected chi connectivity index (χ4v) is 1.72. The Labute approximate surface area is 124 Å². The Balaban J connectivity index is 3.29. The summed E-state index contributed by atoms with van der Waals surface area (Å²) in [6, 6.07) is 0. The number of aliphatic hydroxyl groups excluding tert-OH is 3. The van der Waals surface area contributed by atoms with E-state index in [4.69, 9.17) is 5.11 Å². The molecule has 5 atom stereocenters. The Bertz CT molecular complexity index is 477. The first-order valence-corrected chi connectivity index (χ1v) is 5.95. The molecule has 10 heteroatoms. The van der Waals surface area contributed by atoms with Gasteiger partial charge in [-0.15, -0.1) is 0 Å². The van der Waals surface area contributed by atoms with Gasteiger partial charge in [-0.05, 0) is 0 Å². The van der Waals surface area contributed by atoms with Crippen molar-refractivity contribution in [3.8, 4) is 0 Å². The summed E-state index contributed by atoms with van der Waals surface area (Å²) in [6.45, 7) is 5.17. The van der Waals surface area contributed by atoms with Gasteiger partial charge in [-0.1, -0.05) is 13.2 Å². The lowest BCUT2D eigenvalue weighted by atomic mass is 9.94. The minimum atomic E-state index is -3.41. The van der Waals surface area contributed by atoms with Gasteiger partial charge < -0.3 is 39.7 Å². The molecule has 0 saturated carbocycles. The highest BCUT2D eigenvalue weighted by molar-refractivity contribution is 5.82. The van der Waals surface area contributed by atoms with Gasteiger partial charge in [0, 0.05) is 12.2 Å². The van der Waals surface area contributed by atoms with E-state index in [-0.39, 0.29) is 0 Å². The van der Waals surface area contributed by atoms with Crippen molar-refractivity contribution in [3.05, 3.63) is 25.3 Å². The second-order valence-electron chi connectivity index (χ2n) is 4.30. The van der Waals surface area contributed by atoms with Gasteiger partial charge in [-0.25, -0.2) is 9.59 Å². The molecule has 124 valence electrons. The minimum absolute atomic E-state index is 0.574. The summed E-state index contributed by atoms with van der Waals surface area (Å²) >= 11 is 0. The third-order valence-corrected chi connectivity index (χ3v) is 2.88. The van der Waals surface area contributed by atoms with E-state index < -0.39 is 48.6 Å². The Morgan fingerprint density at radius 1 is 1.14 bits per heavy atom. The molecule has 0 bridgehead atoms. The zero-order valence-corrected chi connectivity index (χ0v) is 11.3. The van der Waals surface area contributed by atoms with E-state index in [2.05, 4.69) is 27.4 Å². The molecule has 1 fully saturated rings. The molecule has 0 spiro atoms. The molecule has 1 rings (SSSR count). The van der Waals surface area contributed by atoms with Gasteiger partial charge in [-0.2, -0.15) is 0 Å². The van der Waals surface area contributed by atoms with Crippen LogP contribution in [0.5, 0.6) is 0 Å². The summed E-state index contributed by atoms with van der Waals surface area (Å²) < 4.78 is 13.4. The molecule has 0 aromatic carbocycles. The fourth-order valence-electron chi connectivity index (χ4n) is 1.72. The predicted molar refractivity (Wildman–Crippen MR) is 66.5 cm³/mol. The smallest absolute Gasteiger partial charge is 0.400 e. The first-order chi connectivity index (χ1) is 10.1. The van der Waals surface area contributed by atoms with Gasteiger partial charge in [0.25, 0.3) is 0 Å². The highest BCUT2D eigenvalue weighted by Crippen LogP contribution is 2.38. The van der Waals surface area contributed by atoms with Gasteiger partial charge >= 0.3 is 23.7 Å². The molecule has 0 aromatic rings. The van der Waals surface area contributed by atoms with Gasteiger partial charge in [0.2, 0.25) is 0 Å². The first kappa shape index (κ1) is 18.2. The van der Waals surface area contributed by atoms with Gasteiger partial charge in [-0.3, -0.25) is 0 Å². The summed E-state index contributed by atoms with van der Waals surface area (Å²) in [5.41, 5.74) is 0. The van der Waals surface area contributed by atoms with Crippen LogP contribution in [0.2, 0.25) is 0 Å². The molecule has 0 amide bonds. The number of hydrogen-bond donors (Lipinski definition) is 5. The zero-order valence-electron chi connectivity index (χ0n) is 11.3. The van der Waals surface area contributed by atoms with E-state index in [1.54, 1.807) is 0 Å². The van der Waals surface area contributed by atoms with E-state index in [0.29, 0.717) is 12.2 Å². The molecule has 10 nitrogen and oxygen atoms in total. The molecule has 1 heterocycles. The second-order valence-corrected chi connectivity index (χ2v) is 4.30. The van der Waals surface area contributed by atoms with Crippen LogP contribution in [0.1, 0.15) is 0 Å². The number of hydrogen-bond acceptors (Lipinski definition) is 10. The maximum Gasteiger partial charge on any atom is 0.400 e. The molecule has 5 N–H and O–H groups in total. The van der Waals surface area contributed by atoms with E-state index in [0.717, 1.165) is 0 Å². The average molecular weight is 320 g/mol. The lowest BCUT2D eigenvalue weighted by Gasteiger charge is -2.49. The summed E-state index contributed by atoms with van der Waals surface area (Å²) in [5, 5.41) is 49.0. The van der Waals surface area contributed by atoms with Crippen LogP contribution in [0, 0.1) is 0 Å². The van der Waals surface area contributed by atoms with Crippen LogP contribution in [-0.2, 0) is 23.8 Å². The highest BCUT2D eigenvalue weighted by Gasteiger charge is 2.70. The molecular weight excluding hydrogens is 304 g/mol. The SMILES string of the molecule is C=CC(=O)OC1(O)O[C@H](CO)[C@@H](O)[C@H](O)[C@@]1(O)OC(=O)C=C. The summed E-state index contributed by atoms with van der Waals surface area (Å²) in [5.74, 6) is -9.44. The summed E-state index contributed by atoms with van der Waals surface area (Å²) in [6.07, 6.45) is -4.85. The van der Waals surface area contributed by atoms with Crippen LogP contribution in [0.15, 0.2) is 25.3 Å².